The van der Waals surface area contributed by atoms with Crippen molar-refractivity contribution in [3.05, 3.63) is 0 Å². The molecule has 0 aliphatic heterocycles. The molecule has 0 aromatic rings. The predicted octanol–water partition coefficient (Wildman–Crippen LogP) is 1.93. The Kier molecular flexibility index (Phi) is 4.74. The van der Waals surface area contributed by atoms with Gasteiger partial charge < -0.3 is 10.4 Å². The van der Waals surface area contributed by atoms with Crippen molar-refractivity contribution >= 4 is 0 Å². The van der Waals surface area contributed by atoms with Crippen molar-refractivity contribution in [1.82, 2.24) is 5.32 Å². The third-order valence-corrected chi connectivity index (χ3v) is 3.11. The molecule has 3 unspecified atom stereocenters. The Morgan fingerprint density at radius 1 is 1.38 bits per heavy atom. The maximum Gasteiger partial charge on any atom is 0.0636 e. The van der Waals surface area contributed by atoms with E-state index >= 15 is 0 Å². The van der Waals surface area contributed by atoms with Gasteiger partial charge in [0.25, 0.3) is 0 Å². The Morgan fingerprint density at radius 2 is 2.08 bits per heavy atom. The molecule has 3 atom stereocenters. The van der Waals surface area contributed by atoms with Crippen LogP contribution < -0.4 is 5.32 Å². The molecule has 78 valence electrons. The largest absolute Gasteiger partial charge is 0.392 e. The van der Waals surface area contributed by atoms with Crippen LogP contribution in [0.1, 0.15) is 46.0 Å². The zero-order chi connectivity index (χ0) is 9.68. The van der Waals surface area contributed by atoms with Crippen molar-refractivity contribution in [1.29, 1.82) is 0 Å². The first-order valence-electron chi connectivity index (χ1n) is 5.65. The summed E-state index contributed by atoms with van der Waals surface area (Å²) in [6.45, 7) is 4.87. The summed E-state index contributed by atoms with van der Waals surface area (Å²) >= 11 is 0. The molecule has 0 amide bonds. The molecule has 0 aromatic carbocycles. The van der Waals surface area contributed by atoms with Crippen molar-refractivity contribution in [2.75, 3.05) is 6.54 Å². The molecule has 1 fully saturated rings. The van der Waals surface area contributed by atoms with Crippen molar-refractivity contribution in [2.45, 2.75) is 58.1 Å². The zero-order valence-electron chi connectivity index (χ0n) is 8.92. The SMILES string of the molecule is CCC1CCCCC1NCC(C)O. The van der Waals surface area contributed by atoms with Crippen LogP contribution in [0.25, 0.3) is 0 Å². The van der Waals surface area contributed by atoms with Crippen LogP contribution in [0.5, 0.6) is 0 Å². The van der Waals surface area contributed by atoms with Gasteiger partial charge in [0.1, 0.15) is 0 Å². The van der Waals surface area contributed by atoms with Gasteiger partial charge in [0.05, 0.1) is 6.10 Å². The summed E-state index contributed by atoms with van der Waals surface area (Å²) in [5.41, 5.74) is 0. The molecule has 2 nitrogen and oxygen atoms in total. The number of hydrogen-bond donors (Lipinski definition) is 2. The van der Waals surface area contributed by atoms with Gasteiger partial charge in [0.15, 0.2) is 0 Å². The first-order chi connectivity index (χ1) is 6.24. The van der Waals surface area contributed by atoms with E-state index in [0.717, 1.165) is 12.5 Å². The molecule has 0 spiro atoms. The highest BCUT2D eigenvalue weighted by Gasteiger charge is 2.22. The fraction of sp³-hybridized carbons (Fsp3) is 1.00. The van der Waals surface area contributed by atoms with E-state index in [-0.39, 0.29) is 6.10 Å². The standard InChI is InChI=1S/C11H23NO/c1-3-10-6-4-5-7-11(10)12-8-9(2)13/h9-13H,3-8H2,1-2H3. The minimum Gasteiger partial charge on any atom is -0.392 e. The van der Waals surface area contributed by atoms with E-state index in [1.165, 1.54) is 32.1 Å². The molecular formula is C11H23NO. The topological polar surface area (TPSA) is 32.3 Å². The molecule has 1 saturated carbocycles. The molecule has 0 saturated heterocycles. The first kappa shape index (κ1) is 11.0. The first-order valence-corrected chi connectivity index (χ1v) is 5.65. The average Bonchev–Trinajstić information content (AvgIpc) is 2.15. The van der Waals surface area contributed by atoms with Crippen molar-refractivity contribution < 1.29 is 5.11 Å². The summed E-state index contributed by atoms with van der Waals surface area (Å²) in [5, 5.41) is 12.7. The van der Waals surface area contributed by atoms with Gasteiger partial charge in [-0.1, -0.05) is 26.2 Å². The summed E-state index contributed by atoms with van der Waals surface area (Å²) < 4.78 is 0. The Balaban J connectivity index is 2.27. The van der Waals surface area contributed by atoms with Crippen LogP contribution in [0.15, 0.2) is 0 Å². The molecule has 2 N–H and O–H groups in total. The van der Waals surface area contributed by atoms with E-state index in [0.29, 0.717) is 6.04 Å². The molecule has 0 aromatic heterocycles. The molecule has 0 heterocycles. The Morgan fingerprint density at radius 3 is 2.69 bits per heavy atom. The minimum absolute atomic E-state index is 0.209. The Bertz CT molecular complexity index is 136. The van der Waals surface area contributed by atoms with Gasteiger partial charge in [0, 0.05) is 12.6 Å². The molecular weight excluding hydrogens is 162 g/mol. The van der Waals surface area contributed by atoms with E-state index in [9.17, 15) is 5.11 Å². The average molecular weight is 185 g/mol. The van der Waals surface area contributed by atoms with E-state index < -0.39 is 0 Å². The van der Waals surface area contributed by atoms with Gasteiger partial charge in [-0.3, -0.25) is 0 Å². The van der Waals surface area contributed by atoms with Crippen LogP contribution in [0.3, 0.4) is 0 Å². The Labute approximate surface area is 81.7 Å². The highest BCUT2D eigenvalue weighted by Crippen LogP contribution is 2.26. The van der Waals surface area contributed by atoms with E-state index in [1.807, 2.05) is 6.92 Å². The number of hydrogen-bond acceptors (Lipinski definition) is 2. The van der Waals surface area contributed by atoms with Crippen LogP contribution >= 0.6 is 0 Å². The zero-order valence-corrected chi connectivity index (χ0v) is 8.92. The fourth-order valence-corrected chi connectivity index (χ4v) is 2.29. The van der Waals surface area contributed by atoms with Crippen LogP contribution in [-0.2, 0) is 0 Å². The second kappa shape index (κ2) is 5.61. The van der Waals surface area contributed by atoms with Gasteiger partial charge in [-0.2, -0.15) is 0 Å². The summed E-state index contributed by atoms with van der Waals surface area (Å²) in [7, 11) is 0. The number of nitrogens with one attached hydrogen (secondary N) is 1. The van der Waals surface area contributed by atoms with Gasteiger partial charge >= 0.3 is 0 Å². The van der Waals surface area contributed by atoms with E-state index in [4.69, 9.17) is 0 Å². The van der Waals surface area contributed by atoms with Crippen LogP contribution in [0.4, 0.5) is 0 Å². The third kappa shape index (κ3) is 3.65. The maximum atomic E-state index is 9.18. The second-order valence-corrected chi connectivity index (χ2v) is 4.32. The highest BCUT2D eigenvalue weighted by atomic mass is 16.3. The van der Waals surface area contributed by atoms with Crippen molar-refractivity contribution in [3.8, 4) is 0 Å². The molecule has 2 heteroatoms. The number of aliphatic hydroxyl groups is 1. The molecule has 1 aliphatic carbocycles. The van der Waals surface area contributed by atoms with Crippen molar-refractivity contribution in [2.24, 2.45) is 5.92 Å². The molecule has 1 aliphatic rings. The fourth-order valence-electron chi connectivity index (χ4n) is 2.29. The normalized spacial score (nSPS) is 31.6. The highest BCUT2D eigenvalue weighted by molar-refractivity contribution is 4.80. The quantitative estimate of drug-likeness (QED) is 0.701. The Hall–Kier alpha value is -0.0800. The maximum absolute atomic E-state index is 9.18. The van der Waals surface area contributed by atoms with Gasteiger partial charge in [0.2, 0.25) is 0 Å². The third-order valence-electron chi connectivity index (χ3n) is 3.11. The molecule has 1 rings (SSSR count). The minimum atomic E-state index is -0.209. The molecule has 0 radical (unpaired) electrons. The lowest BCUT2D eigenvalue weighted by Crippen LogP contribution is -2.41. The summed E-state index contributed by atoms with van der Waals surface area (Å²) in [4.78, 5) is 0. The smallest absolute Gasteiger partial charge is 0.0636 e. The van der Waals surface area contributed by atoms with Gasteiger partial charge in [-0.05, 0) is 25.7 Å². The van der Waals surface area contributed by atoms with E-state index in [1.54, 1.807) is 0 Å². The lowest BCUT2D eigenvalue weighted by molar-refractivity contribution is 0.167. The number of rotatable bonds is 4. The van der Waals surface area contributed by atoms with Gasteiger partial charge in [-0.25, -0.2) is 0 Å². The lowest BCUT2D eigenvalue weighted by atomic mass is 9.83. The summed E-state index contributed by atoms with van der Waals surface area (Å²) in [5.74, 6) is 0.840. The van der Waals surface area contributed by atoms with E-state index in [2.05, 4.69) is 12.2 Å². The number of aliphatic hydroxyl groups excluding tert-OH is 1. The molecule has 13 heavy (non-hydrogen) atoms. The summed E-state index contributed by atoms with van der Waals surface area (Å²) in [6, 6.07) is 0.661. The van der Waals surface area contributed by atoms with Crippen molar-refractivity contribution in [3.63, 3.8) is 0 Å². The van der Waals surface area contributed by atoms with Gasteiger partial charge in [-0.15, -0.1) is 0 Å². The monoisotopic (exact) mass is 185 g/mol. The van der Waals surface area contributed by atoms with Crippen LogP contribution in [-0.4, -0.2) is 23.8 Å². The predicted molar refractivity (Wildman–Crippen MR) is 55.7 cm³/mol. The lowest BCUT2D eigenvalue weighted by Gasteiger charge is -2.32. The summed E-state index contributed by atoms with van der Waals surface area (Å²) in [6.07, 6.45) is 6.48. The van der Waals surface area contributed by atoms with Crippen LogP contribution in [0, 0.1) is 5.92 Å². The molecule has 0 bridgehead atoms. The van der Waals surface area contributed by atoms with Crippen LogP contribution in [0.2, 0.25) is 0 Å². The second-order valence-electron chi connectivity index (χ2n) is 4.32.